The third-order valence-electron chi connectivity index (χ3n) is 0.301. The van der Waals surface area contributed by atoms with E-state index in [1.54, 1.807) is 0 Å². The molecule has 0 aliphatic heterocycles. The molecular formula is C3H8ClOP. The SMILES string of the molecule is CCOPCCl. The van der Waals surface area contributed by atoms with Crippen LogP contribution in [0.2, 0.25) is 0 Å². The molecule has 0 radical (unpaired) electrons. The van der Waals surface area contributed by atoms with Gasteiger partial charge >= 0.3 is 0 Å². The van der Waals surface area contributed by atoms with Gasteiger partial charge in [0.1, 0.15) is 0 Å². The van der Waals surface area contributed by atoms with Crippen molar-refractivity contribution in [1.29, 1.82) is 0 Å². The summed E-state index contributed by atoms with van der Waals surface area (Å²) in [6.07, 6.45) is 0. The smallest absolute Gasteiger partial charge is 0.0640 e. The summed E-state index contributed by atoms with van der Waals surface area (Å²) in [6.45, 7) is 2.74. The molecule has 0 saturated heterocycles. The molecule has 0 rings (SSSR count). The molecule has 3 heteroatoms. The van der Waals surface area contributed by atoms with Crippen molar-refractivity contribution in [1.82, 2.24) is 0 Å². The van der Waals surface area contributed by atoms with Crippen LogP contribution in [0.5, 0.6) is 0 Å². The summed E-state index contributed by atoms with van der Waals surface area (Å²) in [5.41, 5.74) is 0.633. The molecule has 0 aliphatic carbocycles. The molecule has 0 heterocycles. The number of hydrogen-bond acceptors (Lipinski definition) is 1. The average molecular weight is 127 g/mol. The van der Waals surface area contributed by atoms with Crippen LogP contribution in [-0.2, 0) is 4.52 Å². The normalized spacial score (nSPS) is 11.0. The van der Waals surface area contributed by atoms with E-state index in [9.17, 15) is 0 Å². The topological polar surface area (TPSA) is 9.23 Å². The maximum Gasteiger partial charge on any atom is 0.0640 e. The molecule has 0 aromatic heterocycles. The summed E-state index contributed by atoms with van der Waals surface area (Å²) in [5, 5.41) is 0. The van der Waals surface area contributed by atoms with Crippen LogP contribution in [0.1, 0.15) is 6.92 Å². The van der Waals surface area contributed by atoms with E-state index in [-0.39, 0.29) is 0 Å². The number of halogens is 1. The van der Waals surface area contributed by atoms with Crippen LogP contribution in [0, 0.1) is 0 Å². The molecule has 0 N–H and O–H groups in total. The molecule has 0 saturated carbocycles. The van der Waals surface area contributed by atoms with E-state index in [0.717, 1.165) is 6.61 Å². The molecule has 0 bridgehead atoms. The number of hydrogen-bond donors (Lipinski definition) is 0. The van der Waals surface area contributed by atoms with Gasteiger partial charge in [-0.3, -0.25) is 0 Å². The Bertz CT molecular complexity index is 22.8. The molecule has 0 amide bonds. The van der Waals surface area contributed by atoms with Gasteiger partial charge < -0.3 is 4.52 Å². The second kappa shape index (κ2) is 5.68. The zero-order valence-electron chi connectivity index (χ0n) is 3.70. The Hall–Kier alpha value is 0.680. The first-order chi connectivity index (χ1) is 2.91. The Morgan fingerprint density at radius 1 is 1.83 bits per heavy atom. The number of alkyl halides is 1. The second-order valence-corrected chi connectivity index (χ2v) is 2.36. The number of rotatable bonds is 3. The van der Waals surface area contributed by atoms with Crippen molar-refractivity contribution >= 4 is 20.4 Å². The predicted molar refractivity (Wildman–Crippen MR) is 30.7 cm³/mol. The lowest BCUT2D eigenvalue weighted by molar-refractivity contribution is 0.391. The second-order valence-electron chi connectivity index (χ2n) is 0.711. The fourth-order valence-electron chi connectivity index (χ4n) is 0.141. The summed E-state index contributed by atoms with van der Waals surface area (Å²) in [4.78, 5) is 0. The average Bonchev–Trinajstić information content (AvgIpc) is 1.61. The first-order valence-electron chi connectivity index (χ1n) is 1.82. The zero-order chi connectivity index (χ0) is 4.83. The summed E-state index contributed by atoms with van der Waals surface area (Å²) < 4.78 is 4.88. The standard InChI is InChI=1S/C3H8ClOP/c1-2-5-6-3-4/h6H,2-3H2,1H3. The van der Waals surface area contributed by atoms with Crippen LogP contribution in [0.15, 0.2) is 0 Å². The Morgan fingerprint density at radius 3 is 2.67 bits per heavy atom. The lowest BCUT2D eigenvalue weighted by Crippen LogP contribution is -1.71. The van der Waals surface area contributed by atoms with Crippen molar-refractivity contribution in [3.63, 3.8) is 0 Å². The quantitative estimate of drug-likeness (QED) is 0.318. The minimum absolute atomic E-state index is 0.480. The highest BCUT2D eigenvalue weighted by Crippen LogP contribution is 2.11. The van der Waals surface area contributed by atoms with Crippen LogP contribution in [0.25, 0.3) is 0 Å². The van der Waals surface area contributed by atoms with Crippen LogP contribution in [0.4, 0.5) is 0 Å². The fourth-order valence-corrected chi connectivity index (χ4v) is 0.653. The summed E-state index contributed by atoms with van der Waals surface area (Å²) in [5.74, 6) is 0. The van der Waals surface area contributed by atoms with Gasteiger partial charge in [0.15, 0.2) is 0 Å². The molecule has 0 aliphatic rings. The Balaban J connectivity index is 2.34. The first-order valence-corrected chi connectivity index (χ1v) is 3.47. The maximum atomic E-state index is 5.27. The molecule has 38 valence electrons. The van der Waals surface area contributed by atoms with Gasteiger partial charge in [0.25, 0.3) is 0 Å². The monoisotopic (exact) mass is 126 g/mol. The molecule has 0 spiro atoms. The molecular weight excluding hydrogens is 118 g/mol. The van der Waals surface area contributed by atoms with E-state index >= 15 is 0 Å². The maximum absolute atomic E-state index is 5.27. The minimum Gasteiger partial charge on any atom is -0.362 e. The molecule has 1 atom stereocenters. The van der Waals surface area contributed by atoms with Gasteiger partial charge in [-0.05, 0) is 6.92 Å². The zero-order valence-corrected chi connectivity index (χ0v) is 5.46. The van der Waals surface area contributed by atoms with Crippen LogP contribution < -0.4 is 0 Å². The molecule has 1 unspecified atom stereocenters. The van der Waals surface area contributed by atoms with Crippen molar-refractivity contribution in [3.05, 3.63) is 0 Å². The lowest BCUT2D eigenvalue weighted by Gasteiger charge is -1.90. The Morgan fingerprint density at radius 2 is 2.50 bits per heavy atom. The van der Waals surface area contributed by atoms with Gasteiger partial charge in [0.2, 0.25) is 0 Å². The van der Waals surface area contributed by atoms with E-state index in [0.29, 0.717) is 14.4 Å². The van der Waals surface area contributed by atoms with Crippen molar-refractivity contribution in [2.45, 2.75) is 6.92 Å². The molecule has 0 fully saturated rings. The molecule has 6 heavy (non-hydrogen) atoms. The highest BCUT2D eigenvalue weighted by atomic mass is 35.5. The van der Waals surface area contributed by atoms with Crippen molar-refractivity contribution in [3.8, 4) is 0 Å². The summed E-state index contributed by atoms with van der Waals surface area (Å²) >= 11 is 5.27. The van der Waals surface area contributed by atoms with Gasteiger partial charge in [0, 0.05) is 15.4 Å². The highest BCUT2D eigenvalue weighted by Gasteiger charge is 1.74. The first kappa shape index (κ1) is 6.68. The third kappa shape index (κ3) is 4.68. The van der Waals surface area contributed by atoms with E-state index in [1.807, 2.05) is 6.92 Å². The Kier molecular flexibility index (Phi) is 6.32. The van der Waals surface area contributed by atoms with Gasteiger partial charge in [-0.1, -0.05) is 0 Å². The van der Waals surface area contributed by atoms with Gasteiger partial charge in [-0.2, -0.15) is 0 Å². The minimum atomic E-state index is 0.480. The molecule has 0 aromatic rings. The van der Waals surface area contributed by atoms with Crippen LogP contribution >= 0.6 is 20.4 Å². The van der Waals surface area contributed by atoms with Gasteiger partial charge in [-0.15, -0.1) is 11.6 Å². The molecule has 0 aromatic carbocycles. The Labute approximate surface area is 44.9 Å². The van der Waals surface area contributed by atoms with Gasteiger partial charge in [0.05, 0.1) is 5.62 Å². The highest BCUT2D eigenvalue weighted by molar-refractivity contribution is 7.34. The largest absolute Gasteiger partial charge is 0.362 e. The van der Waals surface area contributed by atoms with Gasteiger partial charge in [-0.25, -0.2) is 0 Å². The summed E-state index contributed by atoms with van der Waals surface area (Å²) in [7, 11) is 0.480. The fraction of sp³-hybridized carbons (Fsp3) is 1.00. The lowest BCUT2D eigenvalue weighted by atomic mass is 10.9. The van der Waals surface area contributed by atoms with E-state index in [1.165, 1.54) is 0 Å². The molecule has 1 nitrogen and oxygen atoms in total. The van der Waals surface area contributed by atoms with E-state index < -0.39 is 0 Å². The van der Waals surface area contributed by atoms with Crippen molar-refractivity contribution in [2.24, 2.45) is 0 Å². The van der Waals surface area contributed by atoms with E-state index in [4.69, 9.17) is 16.1 Å². The third-order valence-corrected chi connectivity index (χ3v) is 1.23. The van der Waals surface area contributed by atoms with Crippen LogP contribution in [0.3, 0.4) is 0 Å². The van der Waals surface area contributed by atoms with Crippen molar-refractivity contribution < 1.29 is 4.52 Å². The van der Waals surface area contributed by atoms with Crippen molar-refractivity contribution in [2.75, 3.05) is 12.2 Å². The van der Waals surface area contributed by atoms with E-state index in [2.05, 4.69) is 0 Å². The predicted octanol–water partition coefficient (Wildman–Crippen LogP) is 1.81. The van der Waals surface area contributed by atoms with Crippen LogP contribution in [-0.4, -0.2) is 12.2 Å². The summed E-state index contributed by atoms with van der Waals surface area (Å²) in [6, 6.07) is 0.